The highest BCUT2D eigenvalue weighted by Crippen LogP contribution is 2.17. The normalized spacial score (nSPS) is 17.1. The molecule has 1 aromatic rings. The fourth-order valence-electron chi connectivity index (χ4n) is 2.28. The number of carbonyl (C=O) groups excluding carboxylic acids is 2. The van der Waals surface area contributed by atoms with Crippen molar-refractivity contribution in [3.05, 3.63) is 11.8 Å². The molecule has 1 saturated heterocycles. The first-order valence-electron chi connectivity index (χ1n) is 7.07. The molecule has 0 aliphatic carbocycles. The number of ether oxygens (including phenoxy) is 2. The Morgan fingerprint density at radius 2 is 2.29 bits per heavy atom. The van der Waals surface area contributed by atoms with E-state index in [-0.39, 0.29) is 6.10 Å². The molecule has 0 aromatic carbocycles. The summed E-state index contributed by atoms with van der Waals surface area (Å²) in [5.41, 5.74) is 1.09. The summed E-state index contributed by atoms with van der Waals surface area (Å²) in [5, 5.41) is 9.22. The molecule has 8 nitrogen and oxygen atoms in total. The van der Waals surface area contributed by atoms with Crippen LogP contribution in [0.1, 0.15) is 12.1 Å². The summed E-state index contributed by atoms with van der Waals surface area (Å²) < 4.78 is 12.2. The molecule has 0 radical (unpaired) electrons. The molecule has 0 spiro atoms. The predicted octanol–water partition coefficient (Wildman–Crippen LogP) is -0.701. The maximum Gasteiger partial charge on any atom is 0.314 e. The minimum Gasteiger partial charge on any atom is -0.376 e. The number of nitrogens with zero attached hydrogens (tertiary/aromatic N) is 2. The quantitative estimate of drug-likeness (QED) is 0.553. The first-order valence-corrected chi connectivity index (χ1v) is 7.07. The second-order valence-electron chi connectivity index (χ2n) is 5.09. The van der Waals surface area contributed by atoms with Gasteiger partial charge in [-0.3, -0.25) is 14.3 Å². The number of fused-ring (bicyclic) bond motifs is 1. The van der Waals surface area contributed by atoms with Gasteiger partial charge in [0, 0.05) is 24.8 Å². The molecule has 0 saturated carbocycles. The van der Waals surface area contributed by atoms with Crippen LogP contribution < -0.4 is 10.6 Å². The van der Waals surface area contributed by atoms with Crippen LogP contribution in [0.5, 0.6) is 0 Å². The van der Waals surface area contributed by atoms with Crippen LogP contribution in [-0.4, -0.2) is 54.1 Å². The highest BCUT2D eigenvalue weighted by molar-refractivity contribution is 6.39. The van der Waals surface area contributed by atoms with Gasteiger partial charge in [-0.1, -0.05) is 0 Å². The highest BCUT2D eigenvalue weighted by atomic mass is 16.6. The fraction of sp³-hybridized carbons (Fsp3) is 0.615. The van der Waals surface area contributed by atoms with Crippen molar-refractivity contribution in [1.29, 1.82) is 0 Å². The summed E-state index contributed by atoms with van der Waals surface area (Å²) in [6.45, 7) is 2.72. The number of hydrogen-bond acceptors (Lipinski definition) is 5. The Labute approximate surface area is 121 Å². The molecule has 3 heterocycles. The van der Waals surface area contributed by atoms with E-state index < -0.39 is 11.8 Å². The van der Waals surface area contributed by atoms with Crippen LogP contribution in [-0.2, 0) is 32.0 Å². The number of aryl methyl sites for hydroxylation is 2. The fourth-order valence-corrected chi connectivity index (χ4v) is 2.28. The topological polar surface area (TPSA) is 94.5 Å². The largest absolute Gasteiger partial charge is 0.376 e. The summed E-state index contributed by atoms with van der Waals surface area (Å²) >= 11 is 0. The van der Waals surface area contributed by atoms with Gasteiger partial charge in [-0.05, 0) is 12.8 Å². The molecule has 2 aliphatic rings. The van der Waals surface area contributed by atoms with E-state index >= 15 is 0 Å². The maximum atomic E-state index is 11.7. The first-order chi connectivity index (χ1) is 10.2. The van der Waals surface area contributed by atoms with Crippen LogP contribution >= 0.6 is 0 Å². The van der Waals surface area contributed by atoms with Crippen molar-refractivity contribution in [2.45, 2.75) is 25.5 Å². The summed E-state index contributed by atoms with van der Waals surface area (Å²) in [6, 6.07) is 1.80. The van der Waals surface area contributed by atoms with Gasteiger partial charge in [0.2, 0.25) is 0 Å². The van der Waals surface area contributed by atoms with Crippen molar-refractivity contribution < 1.29 is 19.1 Å². The highest BCUT2D eigenvalue weighted by Gasteiger charge is 2.20. The number of hydrogen-bond donors (Lipinski definition) is 2. The van der Waals surface area contributed by atoms with Crippen LogP contribution in [0.2, 0.25) is 0 Å². The number of aromatic nitrogens is 2. The smallest absolute Gasteiger partial charge is 0.314 e. The van der Waals surface area contributed by atoms with Crippen molar-refractivity contribution in [2.75, 3.05) is 31.7 Å². The zero-order chi connectivity index (χ0) is 14.7. The Balaban J connectivity index is 1.38. The third kappa shape index (κ3) is 3.40. The molecule has 21 heavy (non-hydrogen) atoms. The number of carbonyl (C=O) groups is 2. The van der Waals surface area contributed by atoms with E-state index in [1.165, 1.54) is 0 Å². The molecule has 8 heteroatoms. The summed E-state index contributed by atoms with van der Waals surface area (Å²) in [5.74, 6) is -0.969. The Bertz CT molecular complexity index is 517. The van der Waals surface area contributed by atoms with Crippen LogP contribution in [0.4, 0.5) is 5.82 Å². The van der Waals surface area contributed by atoms with Gasteiger partial charge in [-0.25, -0.2) is 0 Å². The van der Waals surface area contributed by atoms with Crippen molar-refractivity contribution in [2.24, 2.45) is 0 Å². The van der Waals surface area contributed by atoms with Gasteiger partial charge in [0.05, 0.1) is 19.8 Å². The molecule has 2 amide bonds. The second kappa shape index (κ2) is 6.23. The molecular weight excluding hydrogens is 276 g/mol. The van der Waals surface area contributed by atoms with Crippen molar-refractivity contribution in [3.63, 3.8) is 0 Å². The van der Waals surface area contributed by atoms with Crippen LogP contribution in [0.3, 0.4) is 0 Å². The van der Waals surface area contributed by atoms with Crippen molar-refractivity contribution >= 4 is 17.6 Å². The van der Waals surface area contributed by atoms with E-state index in [0.717, 1.165) is 25.1 Å². The Morgan fingerprint density at radius 1 is 1.43 bits per heavy atom. The maximum absolute atomic E-state index is 11.7. The summed E-state index contributed by atoms with van der Waals surface area (Å²) in [4.78, 5) is 23.3. The lowest BCUT2D eigenvalue weighted by Gasteiger charge is -2.25. The molecule has 2 aliphatic heterocycles. The minimum atomic E-state index is -0.709. The van der Waals surface area contributed by atoms with Gasteiger partial charge in [0.25, 0.3) is 0 Å². The summed E-state index contributed by atoms with van der Waals surface area (Å²) in [7, 11) is 0. The second-order valence-corrected chi connectivity index (χ2v) is 5.09. The van der Waals surface area contributed by atoms with Gasteiger partial charge in [0.1, 0.15) is 6.10 Å². The molecule has 0 atom stereocenters. The minimum absolute atomic E-state index is 0.114. The Morgan fingerprint density at radius 3 is 3.00 bits per heavy atom. The molecule has 1 fully saturated rings. The molecular formula is C13H18N4O4. The third-order valence-corrected chi connectivity index (χ3v) is 3.46. The molecule has 3 rings (SSSR count). The van der Waals surface area contributed by atoms with Gasteiger partial charge in [0.15, 0.2) is 5.82 Å². The van der Waals surface area contributed by atoms with E-state index in [4.69, 9.17) is 9.47 Å². The van der Waals surface area contributed by atoms with Gasteiger partial charge in [-0.2, -0.15) is 5.10 Å². The molecule has 1 aromatic heterocycles. The summed E-state index contributed by atoms with van der Waals surface area (Å²) in [6.07, 6.45) is 2.14. The average molecular weight is 294 g/mol. The number of amides is 2. The average Bonchev–Trinajstić information content (AvgIpc) is 2.96. The zero-order valence-corrected chi connectivity index (χ0v) is 11.6. The SMILES string of the molecule is O=C(NCCOC1COC1)C(=O)Nc1cc2n(n1)CCC2. The van der Waals surface area contributed by atoms with Crippen LogP contribution in [0, 0.1) is 0 Å². The molecule has 0 unspecified atom stereocenters. The van der Waals surface area contributed by atoms with Crippen molar-refractivity contribution in [1.82, 2.24) is 15.1 Å². The van der Waals surface area contributed by atoms with Gasteiger partial charge in [-0.15, -0.1) is 0 Å². The van der Waals surface area contributed by atoms with E-state index in [0.29, 0.717) is 32.2 Å². The third-order valence-electron chi connectivity index (χ3n) is 3.46. The van der Waals surface area contributed by atoms with E-state index in [1.54, 1.807) is 6.07 Å². The van der Waals surface area contributed by atoms with Gasteiger partial charge >= 0.3 is 11.8 Å². The molecule has 0 bridgehead atoms. The van der Waals surface area contributed by atoms with E-state index in [1.807, 2.05) is 4.68 Å². The van der Waals surface area contributed by atoms with Crippen LogP contribution in [0.25, 0.3) is 0 Å². The van der Waals surface area contributed by atoms with Gasteiger partial charge < -0.3 is 20.1 Å². The van der Waals surface area contributed by atoms with E-state index in [9.17, 15) is 9.59 Å². The number of nitrogens with one attached hydrogen (secondary N) is 2. The van der Waals surface area contributed by atoms with Crippen molar-refractivity contribution in [3.8, 4) is 0 Å². The Kier molecular flexibility index (Phi) is 4.16. The Hall–Kier alpha value is -1.93. The molecule has 114 valence electrons. The lowest BCUT2D eigenvalue weighted by Crippen LogP contribution is -2.40. The number of rotatable bonds is 5. The molecule has 2 N–H and O–H groups in total. The lowest BCUT2D eigenvalue weighted by atomic mass is 10.3. The van der Waals surface area contributed by atoms with Crippen LogP contribution in [0.15, 0.2) is 6.07 Å². The zero-order valence-electron chi connectivity index (χ0n) is 11.6. The predicted molar refractivity (Wildman–Crippen MR) is 72.7 cm³/mol. The monoisotopic (exact) mass is 294 g/mol. The first kappa shape index (κ1) is 14.0. The van der Waals surface area contributed by atoms with E-state index in [2.05, 4.69) is 15.7 Å². The standard InChI is InChI=1S/C13H18N4O4/c18-12(14-3-5-21-10-7-20-8-10)13(19)15-11-6-9-2-1-4-17(9)16-11/h6,10H,1-5,7-8H2,(H,14,18)(H,15,16,19). The number of anilines is 1. The lowest BCUT2D eigenvalue weighted by molar-refractivity contribution is -0.138.